The van der Waals surface area contributed by atoms with Crippen LogP contribution >= 0.6 is 11.3 Å². The van der Waals surface area contributed by atoms with Crippen LogP contribution in [0.3, 0.4) is 0 Å². The van der Waals surface area contributed by atoms with Crippen LogP contribution in [0.2, 0.25) is 0 Å². The number of methoxy groups -OCH3 is 1. The number of rotatable bonds is 6. The van der Waals surface area contributed by atoms with Crippen molar-refractivity contribution in [1.29, 1.82) is 0 Å². The quantitative estimate of drug-likeness (QED) is 0.759. The van der Waals surface area contributed by atoms with E-state index in [1.165, 1.54) is 18.4 Å². The molecule has 1 aliphatic rings. The smallest absolute Gasteiger partial charge is 0.263 e. The van der Waals surface area contributed by atoms with Gasteiger partial charge in [-0.3, -0.25) is 14.4 Å². The van der Waals surface area contributed by atoms with Gasteiger partial charge in [-0.15, -0.1) is 11.3 Å². The van der Waals surface area contributed by atoms with Gasteiger partial charge in [0, 0.05) is 13.1 Å². The number of amides is 3. The van der Waals surface area contributed by atoms with Gasteiger partial charge in [-0.2, -0.15) is 0 Å². The molecule has 1 unspecified atom stereocenters. The molecule has 1 aliphatic heterocycles. The lowest BCUT2D eigenvalue weighted by Gasteiger charge is -2.31. The number of hydrogen-bond acceptors (Lipinski definition) is 5. The van der Waals surface area contributed by atoms with Crippen molar-refractivity contribution in [2.24, 2.45) is 5.92 Å². The number of likely N-dealkylation sites (tertiary alicyclic amines) is 1. The zero-order valence-electron chi connectivity index (χ0n) is 16.6. The second-order valence-electron chi connectivity index (χ2n) is 7.04. The number of carbonyl (C=O) groups excluding carboxylic acids is 3. The maximum atomic E-state index is 12.5. The molecule has 8 heteroatoms. The highest BCUT2D eigenvalue weighted by atomic mass is 32.1. The first-order valence-electron chi connectivity index (χ1n) is 9.53. The first-order chi connectivity index (χ1) is 14.0. The van der Waals surface area contributed by atoms with Gasteiger partial charge in [0.15, 0.2) is 0 Å². The summed E-state index contributed by atoms with van der Waals surface area (Å²) in [6, 6.07) is 9.12. The Morgan fingerprint density at radius 2 is 2.10 bits per heavy atom. The molecule has 1 aromatic heterocycles. The fourth-order valence-electron chi connectivity index (χ4n) is 3.36. The average Bonchev–Trinajstić information content (AvgIpc) is 3.26. The van der Waals surface area contributed by atoms with Crippen LogP contribution in [-0.2, 0) is 9.59 Å². The fraction of sp³-hybridized carbons (Fsp3) is 0.381. The van der Waals surface area contributed by atoms with Gasteiger partial charge < -0.3 is 20.3 Å². The van der Waals surface area contributed by atoms with E-state index in [4.69, 9.17) is 4.74 Å². The Balaban J connectivity index is 1.51. The van der Waals surface area contributed by atoms with Gasteiger partial charge in [-0.25, -0.2) is 0 Å². The highest BCUT2D eigenvalue weighted by molar-refractivity contribution is 7.12. The number of piperidine rings is 1. The van der Waals surface area contributed by atoms with E-state index in [1.807, 2.05) is 30.5 Å². The van der Waals surface area contributed by atoms with Crippen molar-refractivity contribution in [2.75, 3.05) is 32.1 Å². The van der Waals surface area contributed by atoms with E-state index >= 15 is 0 Å². The summed E-state index contributed by atoms with van der Waals surface area (Å²) in [5.41, 5.74) is 1.56. The molecule has 1 saturated heterocycles. The van der Waals surface area contributed by atoms with E-state index in [9.17, 15) is 14.4 Å². The third-order valence-electron chi connectivity index (χ3n) is 4.86. The molecule has 2 aromatic rings. The molecule has 0 aliphatic carbocycles. The number of nitrogens with one attached hydrogen (secondary N) is 2. The molecule has 1 aromatic carbocycles. The zero-order valence-corrected chi connectivity index (χ0v) is 17.4. The molecule has 0 radical (unpaired) electrons. The summed E-state index contributed by atoms with van der Waals surface area (Å²) in [7, 11) is 1.54. The van der Waals surface area contributed by atoms with Crippen LogP contribution in [0.4, 0.5) is 5.69 Å². The summed E-state index contributed by atoms with van der Waals surface area (Å²) >= 11 is 1.40. The third-order valence-corrected chi connectivity index (χ3v) is 5.72. The Labute approximate surface area is 174 Å². The molecule has 1 fully saturated rings. The molecule has 7 nitrogen and oxygen atoms in total. The van der Waals surface area contributed by atoms with Crippen LogP contribution < -0.4 is 15.4 Å². The minimum atomic E-state index is -0.329. The number of anilines is 1. The van der Waals surface area contributed by atoms with Crippen molar-refractivity contribution in [1.82, 2.24) is 10.2 Å². The van der Waals surface area contributed by atoms with Gasteiger partial charge in [0.25, 0.3) is 5.91 Å². The molecule has 3 amide bonds. The lowest BCUT2D eigenvalue weighted by Crippen LogP contribution is -2.46. The monoisotopic (exact) mass is 415 g/mol. The van der Waals surface area contributed by atoms with Gasteiger partial charge in [-0.1, -0.05) is 12.1 Å². The van der Waals surface area contributed by atoms with Crippen LogP contribution in [0.15, 0.2) is 35.7 Å². The molecule has 3 rings (SSSR count). The minimum Gasteiger partial charge on any atom is -0.495 e. The molecule has 154 valence electrons. The average molecular weight is 416 g/mol. The van der Waals surface area contributed by atoms with Gasteiger partial charge in [0.05, 0.1) is 30.1 Å². The molecular weight excluding hydrogens is 390 g/mol. The summed E-state index contributed by atoms with van der Waals surface area (Å²) in [6.07, 6.45) is 1.47. The van der Waals surface area contributed by atoms with Crippen molar-refractivity contribution in [2.45, 2.75) is 19.8 Å². The van der Waals surface area contributed by atoms with Crippen LogP contribution in [0, 0.1) is 12.8 Å². The van der Waals surface area contributed by atoms with E-state index in [2.05, 4.69) is 10.6 Å². The zero-order chi connectivity index (χ0) is 20.8. The van der Waals surface area contributed by atoms with Crippen molar-refractivity contribution in [3.8, 4) is 5.75 Å². The second-order valence-corrected chi connectivity index (χ2v) is 7.99. The molecule has 29 heavy (non-hydrogen) atoms. The molecule has 0 spiro atoms. The van der Waals surface area contributed by atoms with Gasteiger partial charge in [-0.05, 0) is 48.9 Å². The van der Waals surface area contributed by atoms with Crippen molar-refractivity contribution in [3.05, 3.63) is 46.2 Å². The Morgan fingerprint density at radius 1 is 1.28 bits per heavy atom. The molecule has 0 bridgehead atoms. The maximum absolute atomic E-state index is 12.5. The third kappa shape index (κ3) is 5.35. The number of thiophene rings is 1. The number of ether oxygens (including phenoxy) is 1. The highest BCUT2D eigenvalue weighted by Gasteiger charge is 2.29. The van der Waals surface area contributed by atoms with Crippen LogP contribution in [0.5, 0.6) is 5.75 Å². The van der Waals surface area contributed by atoms with Gasteiger partial charge >= 0.3 is 0 Å². The molecule has 1 atom stereocenters. The van der Waals surface area contributed by atoms with Gasteiger partial charge in [0.2, 0.25) is 11.8 Å². The Kier molecular flexibility index (Phi) is 6.87. The largest absolute Gasteiger partial charge is 0.495 e. The maximum Gasteiger partial charge on any atom is 0.263 e. The summed E-state index contributed by atoms with van der Waals surface area (Å²) in [5.74, 6) is -0.328. The first-order valence-corrected chi connectivity index (χ1v) is 10.4. The van der Waals surface area contributed by atoms with Gasteiger partial charge in [0.1, 0.15) is 5.75 Å². The number of nitrogens with zero attached hydrogens (tertiary/aromatic N) is 1. The lowest BCUT2D eigenvalue weighted by atomic mass is 9.97. The molecule has 2 N–H and O–H groups in total. The normalized spacial score (nSPS) is 16.2. The minimum absolute atomic E-state index is 0.0400. The van der Waals surface area contributed by atoms with Crippen molar-refractivity contribution < 1.29 is 19.1 Å². The number of benzene rings is 1. The predicted octanol–water partition coefficient (Wildman–Crippen LogP) is 2.67. The summed E-state index contributed by atoms with van der Waals surface area (Å²) in [4.78, 5) is 39.7. The van der Waals surface area contributed by atoms with Crippen LogP contribution in [0.1, 0.15) is 28.1 Å². The van der Waals surface area contributed by atoms with Crippen molar-refractivity contribution in [3.63, 3.8) is 0 Å². The summed E-state index contributed by atoms with van der Waals surface area (Å²) < 4.78 is 5.25. The van der Waals surface area contributed by atoms with E-state index in [0.717, 1.165) is 12.0 Å². The van der Waals surface area contributed by atoms with E-state index in [0.29, 0.717) is 35.8 Å². The number of hydrogen-bond donors (Lipinski definition) is 2. The molecular formula is C21H25N3O4S. The Hall–Kier alpha value is -2.87. The summed E-state index contributed by atoms with van der Waals surface area (Å²) in [5, 5.41) is 7.32. The predicted molar refractivity (Wildman–Crippen MR) is 112 cm³/mol. The standard InChI is InChI=1S/C21H25N3O4S/c1-14-7-8-17(28-2)16(11-14)23-19(25)12-22-20(26)15-5-3-9-24(13-15)21(27)18-6-4-10-29-18/h4,6-8,10-11,15H,3,5,9,12-13H2,1-2H3,(H,22,26)(H,23,25). The molecule has 2 heterocycles. The highest BCUT2D eigenvalue weighted by Crippen LogP contribution is 2.25. The van der Waals surface area contributed by atoms with Crippen LogP contribution in [0.25, 0.3) is 0 Å². The first kappa shape index (κ1) is 20.9. The Bertz CT molecular complexity index is 882. The fourth-order valence-corrected chi connectivity index (χ4v) is 4.05. The lowest BCUT2D eigenvalue weighted by molar-refractivity contribution is -0.128. The van der Waals surface area contributed by atoms with Crippen LogP contribution in [-0.4, -0.2) is 49.4 Å². The van der Waals surface area contributed by atoms with Crippen molar-refractivity contribution >= 4 is 34.7 Å². The van der Waals surface area contributed by atoms with E-state index in [-0.39, 0.29) is 30.2 Å². The Morgan fingerprint density at radius 3 is 2.83 bits per heavy atom. The second kappa shape index (κ2) is 9.56. The molecule has 0 saturated carbocycles. The van der Waals surface area contributed by atoms with E-state index < -0.39 is 0 Å². The number of carbonyl (C=O) groups is 3. The van der Waals surface area contributed by atoms with E-state index in [1.54, 1.807) is 17.0 Å². The topological polar surface area (TPSA) is 87.7 Å². The summed E-state index contributed by atoms with van der Waals surface area (Å²) in [6.45, 7) is 2.80. The SMILES string of the molecule is COc1ccc(C)cc1NC(=O)CNC(=O)C1CCCN(C(=O)c2cccs2)C1. The number of aryl methyl sites for hydroxylation is 1.